The van der Waals surface area contributed by atoms with E-state index in [2.05, 4.69) is 6.92 Å². The van der Waals surface area contributed by atoms with Crippen molar-refractivity contribution in [2.45, 2.75) is 74.9 Å². The number of hydrogen-bond acceptors (Lipinski definition) is 4. The molecule has 0 spiro atoms. The molecule has 0 saturated carbocycles. The lowest BCUT2D eigenvalue weighted by Gasteiger charge is -2.18. The third kappa shape index (κ3) is 4.09. The third-order valence-electron chi connectivity index (χ3n) is 4.27. The van der Waals surface area contributed by atoms with Crippen LogP contribution in [0.25, 0.3) is 0 Å². The molecule has 1 N–H and O–H groups in total. The molecule has 1 aliphatic heterocycles. The molecular formula is C17H26O4S. The second-order valence-electron chi connectivity index (χ2n) is 6.11. The summed E-state index contributed by atoms with van der Waals surface area (Å²) in [5.41, 5.74) is 1.03. The van der Waals surface area contributed by atoms with Crippen molar-refractivity contribution in [1.29, 1.82) is 0 Å². The van der Waals surface area contributed by atoms with E-state index in [4.69, 9.17) is 4.74 Å². The van der Waals surface area contributed by atoms with E-state index in [1.165, 1.54) is 0 Å². The first-order valence-corrected chi connectivity index (χ1v) is 9.64. The highest BCUT2D eigenvalue weighted by Gasteiger charge is 2.42. The Bertz CT molecular complexity index is 565. The van der Waals surface area contributed by atoms with Crippen molar-refractivity contribution in [3.63, 3.8) is 0 Å². The maximum Gasteiger partial charge on any atom is 0.183 e. The molecule has 5 heteroatoms. The second-order valence-corrected chi connectivity index (χ2v) is 8.28. The van der Waals surface area contributed by atoms with Gasteiger partial charge in [-0.15, -0.1) is 0 Å². The zero-order valence-corrected chi connectivity index (χ0v) is 14.2. The zero-order chi connectivity index (χ0) is 16.2. The Balaban J connectivity index is 2.11. The van der Waals surface area contributed by atoms with Crippen LogP contribution in [-0.4, -0.2) is 31.2 Å². The Kier molecular flexibility index (Phi) is 6.01. The van der Waals surface area contributed by atoms with Gasteiger partial charge in [-0.3, -0.25) is 0 Å². The molecule has 3 unspecified atom stereocenters. The van der Waals surface area contributed by atoms with E-state index in [0.29, 0.717) is 11.3 Å². The summed E-state index contributed by atoms with van der Waals surface area (Å²) in [7, 11) is -3.47. The number of hydrogen-bond donors (Lipinski definition) is 1. The average molecular weight is 326 g/mol. The fourth-order valence-electron chi connectivity index (χ4n) is 2.95. The minimum absolute atomic E-state index is 0.161. The largest absolute Gasteiger partial charge is 0.368 e. The molecule has 0 amide bonds. The molecule has 0 radical (unpaired) electrons. The monoisotopic (exact) mass is 326 g/mol. The van der Waals surface area contributed by atoms with Crippen molar-refractivity contribution in [3.8, 4) is 0 Å². The van der Waals surface area contributed by atoms with Gasteiger partial charge in [-0.2, -0.15) is 0 Å². The Morgan fingerprint density at radius 1 is 1.18 bits per heavy atom. The van der Waals surface area contributed by atoms with Gasteiger partial charge in [0.15, 0.2) is 16.1 Å². The average Bonchev–Trinajstić information content (AvgIpc) is 2.86. The van der Waals surface area contributed by atoms with Gasteiger partial charge in [0.25, 0.3) is 0 Å². The molecule has 22 heavy (non-hydrogen) atoms. The molecule has 1 aromatic carbocycles. The topological polar surface area (TPSA) is 63.6 Å². The number of sulfone groups is 1. The van der Waals surface area contributed by atoms with Crippen LogP contribution in [0, 0.1) is 6.92 Å². The van der Waals surface area contributed by atoms with Gasteiger partial charge in [-0.05, 0) is 25.5 Å². The molecule has 1 heterocycles. The van der Waals surface area contributed by atoms with Gasteiger partial charge in [0.05, 0.1) is 16.2 Å². The number of unbranched alkanes of at least 4 members (excludes halogenated alkanes) is 3. The summed E-state index contributed by atoms with van der Waals surface area (Å²) >= 11 is 0. The van der Waals surface area contributed by atoms with Crippen LogP contribution in [0.15, 0.2) is 29.2 Å². The molecular weight excluding hydrogens is 300 g/mol. The molecule has 0 aromatic heterocycles. The number of aryl methyl sites for hydroxylation is 1. The van der Waals surface area contributed by atoms with Gasteiger partial charge in [0.1, 0.15) is 0 Å². The van der Waals surface area contributed by atoms with Crippen LogP contribution in [0.3, 0.4) is 0 Å². The SMILES string of the molecule is CCCCCCC1OC(O)CC1S(=O)(=O)c1ccc(C)cc1. The van der Waals surface area contributed by atoms with E-state index in [-0.39, 0.29) is 6.42 Å². The van der Waals surface area contributed by atoms with Gasteiger partial charge in [-0.1, -0.05) is 50.3 Å². The van der Waals surface area contributed by atoms with Gasteiger partial charge in [0, 0.05) is 6.42 Å². The summed E-state index contributed by atoms with van der Waals surface area (Å²) < 4.78 is 31.1. The van der Waals surface area contributed by atoms with Gasteiger partial charge >= 0.3 is 0 Å². The zero-order valence-electron chi connectivity index (χ0n) is 13.4. The maximum absolute atomic E-state index is 12.8. The van der Waals surface area contributed by atoms with Crippen LogP contribution >= 0.6 is 0 Å². The lowest BCUT2D eigenvalue weighted by Crippen LogP contribution is -2.30. The molecule has 3 atom stereocenters. The first-order chi connectivity index (χ1) is 10.4. The molecule has 0 aliphatic carbocycles. The number of ether oxygens (including phenoxy) is 1. The Labute approximate surface area is 133 Å². The van der Waals surface area contributed by atoms with Crippen LogP contribution in [-0.2, 0) is 14.6 Å². The molecule has 1 saturated heterocycles. The number of benzene rings is 1. The highest BCUT2D eigenvalue weighted by Crippen LogP contribution is 2.32. The molecule has 1 fully saturated rings. The van der Waals surface area contributed by atoms with Gasteiger partial charge in [0.2, 0.25) is 0 Å². The molecule has 124 valence electrons. The molecule has 4 nitrogen and oxygen atoms in total. The van der Waals surface area contributed by atoms with Crippen molar-refractivity contribution in [3.05, 3.63) is 29.8 Å². The first-order valence-electron chi connectivity index (χ1n) is 8.09. The van der Waals surface area contributed by atoms with E-state index in [0.717, 1.165) is 31.2 Å². The second kappa shape index (κ2) is 7.57. The predicted octanol–water partition coefficient (Wildman–Crippen LogP) is 3.22. The number of rotatable bonds is 7. The van der Waals surface area contributed by atoms with Crippen molar-refractivity contribution in [2.75, 3.05) is 0 Å². The first kappa shape index (κ1) is 17.4. The fourth-order valence-corrected chi connectivity index (χ4v) is 4.83. The number of aliphatic hydroxyl groups is 1. The van der Waals surface area contributed by atoms with Crippen molar-refractivity contribution in [2.24, 2.45) is 0 Å². The van der Waals surface area contributed by atoms with Gasteiger partial charge in [-0.25, -0.2) is 8.42 Å². The van der Waals surface area contributed by atoms with E-state index in [1.807, 2.05) is 6.92 Å². The van der Waals surface area contributed by atoms with Crippen LogP contribution in [0.4, 0.5) is 0 Å². The quantitative estimate of drug-likeness (QED) is 0.782. The summed E-state index contributed by atoms with van der Waals surface area (Å²) in [5.74, 6) is 0. The molecule has 2 rings (SSSR count). The Hall–Kier alpha value is -0.910. The Morgan fingerprint density at radius 2 is 1.86 bits per heavy atom. The van der Waals surface area contributed by atoms with E-state index < -0.39 is 27.5 Å². The van der Waals surface area contributed by atoms with E-state index >= 15 is 0 Å². The number of aliphatic hydroxyl groups excluding tert-OH is 1. The molecule has 1 aliphatic rings. The minimum atomic E-state index is -3.47. The van der Waals surface area contributed by atoms with Crippen molar-refractivity contribution >= 4 is 9.84 Å². The summed E-state index contributed by atoms with van der Waals surface area (Å²) in [6, 6.07) is 6.89. The van der Waals surface area contributed by atoms with Crippen LogP contribution in [0.5, 0.6) is 0 Å². The highest BCUT2D eigenvalue weighted by atomic mass is 32.2. The lowest BCUT2D eigenvalue weighted by atomic mass is 10.1. The predicted molar refractivity (Wildman–Crippen MR) is 86.4 cm³/mol. The van der Waals surface area contributed by atoms with E-state index in [9.17, 15) is 13.5 Å². The molecule has 0 bridgehead atoms. The van der Waals surface area contributed by atoms with Crippen molar-refractivity contribution < 1.29 is 18.3 Å². The van der Waals surface area contributed by atoms with Crippen molar-refractivity contribution in [1.82, 2.24) is 0 Å². The molecule has 1 aromatic rings. The maximum atomic E-state index is 12.8. The van der Waals surface area contributed by atoms with Crippen LogP contribution in [0.2, 0.25) is 0 Å². The Morgan fingerprint density at radius 3 is 2.50 bits per heavy atom. The summed E-state index contributed by atoms with van der Waals surface area (Å²) in [6.07, 6.45) is 3.76. The summed E-state index contributed by atoms with van der Waals surface area (Å²) in [6.45, 7) is 4.07. The van der Waals surface area contributed by atoms with Crippen LogP contribution < -0.4 is 0 Å². The van der Waals surface area contributed by atoms with Gasteiger partial charge < -0.3 is 9.84 Å². The normalized spacial score (nSPS) is 25.5. The highest BCUT2D eigenvalue weighted by molar-refractivity contribution is 7.92. The fraction of sp³-hybridized carbons (Fsp3) is 0.647. The third-order valence-corrected chi connectivity index (χ3v) is 6.49. The minimum Gasteiger partial charge on any atom is -0.368 e. The lowest BCUT2D eigenvalue weighted by molar-refractivity contribution is -0.0918. The standard InChI is InChI=1S/C17H26O4S/c1-3-4-5-6-7-15-16(12-17(18)21-15)22(19,20)14-10-8-13(2)9-11-14/h8-11,15-18H,3-7,12H2,1-2H3. The summed E-state index contributed by atoms with van der Waals surface area (Å²) in [5, 5.41) is 9.09. The summed E-state index contributed by atoms with van der Waals surface area (Å²) in [4.78, 5) is 0.319. The smallest absolute Gasteiger partial charge is 0.183 e. The van der Waals surface area contributed by atoms with Crippen LogP contribution in [0.1, 0.15) is 51.0 Å². The van der Waals surface area contributed by atoms with E-state index in [1.54, 1.807) is 24.3 Å².